The van der Waals surface area contributed by atoms with Crippen molar-refractivity contribution in [1.82, 2.24) is 5.32 Å². The lowest BCUT2D eigenvalue weighted by molar-refractivity contribution is -0.139. The van der Waals surface area contributed by atoms with Crippen molar-refractivity contribution in [2.24, 2.45) is 17.1 Å². The third-order valence-electron chi connectivity index (χ3n) is 8.01. The molecule has 31 heavy (non-hydrogen) atoms. The van der Waals surface area contributed by atoms with Gasteiger partial charge in [-0.2, -0.15) is 0 Å². The van der Waals surface area contributed by atoms with Crippen LogP contribution in [0.1, 0.15) is 56.9 Å². The lowest BCUT2D eigenvalue weighted by Gasteiger charge is -2.53. The molecule has 1 aromatic rings. The molecule has 0 aliphatic heterocycles. The molecule has 4 fully saturated rings. The number of nitrogens with one attached hydrogen (secondary N) is 1. The van der Waals surface area contributed by atoms with Crippen molar-refractivity contribution in [2.75, 3.05) is 26.9 Å². The predicted molar refractivity (Wildman–Crippen MR) is 119 cm³/mol. The van der Waals surface area contributed by atoms with Gasteiger partial charge < -0.3 is 20.5 Å². The summed E-state index contributed by atoms with van der Waals surface area (Å²) in [5, 5.41) is 3.33. The normalized spacial score (nSPS) is 32.4. The number of amides is 1. The van der Waals surface area contributed by atoms with E-state index in [1.165, 1.54) is 5.56 Å². The Morgan fingerprint density at radius 1 is 1.16 bits per heavy atom. The van der Waals surface area contributed by atoms with E-state index in [0.29, 0.717) is 23.9 Å². The first-order valence-electron chi connectivity index (χ1n) is 11.5. The average Bonchev–Trinajstić information content (AvgIpc) is 2.80. The molecule has 1 aromatic carbocycles. The van der Waals surface area contributed by atoms with Crippen LogP contribution in [0.4, 0.5) is 4.39 Å². The van der Waals surface area contributed by atoms with E-state index in [2.05, 4.69) is 17.4 Å². The second-order valence-corrected chi connectivity index (χ2v) is 9.81. The van der Waals surface area contributed by atoms with Crippen LogP contribution >= 0.6 is 0 Å². The number of nitrogens with two attached hydrogens (primary N) is 1. The number of fused-ring (bicyclic) bond motifs is 3. The van der Waals surface area contributed by atoms with Crippen LogP contribution in [0, 0.1) is 11.3 Å². The number of methoxy groups -OCH3 is 1. The zero-order valence-corrected chi connectivity index (χ0v) is 18.5. The molecule has 5 rings (SSSR count). The van der Waals surface area contributed by atoms with Crippen molar-refractivity contribution < 1.29 is 18.7 Å². The molecule has 0 heterocycles. The number of rotatable bonds is 9. The molecule has 4 saturated carbocycles. The Hall–Kier alpha value is -1.92. The molecule has 0 radical (unpaired) electrons. The van der Waals surface area contributed by atoms with E-state index in [4.69, 9.17) is 15.2 Å². The Bertz CT molecular complexity index is 777. The summed E-state index contributed by atoms with van der Waals surface area (Å²) in [6.07, 6.45) is 8.66. The smallest absolute Gasteiger partial charge is 0.226 e. The Morgan fingerprint density at radius 2 is 1.81 bits per heavy atom. The minimum absolute atomic E-state index is 0.154. The van der Waals surface area contributed by atoms with Gasteiger partial charge in [0.05, 0.1) is 6.33 Å². The topological polar surface area (TPSA) is 73.6 Å². The van der Waals surface area contributed by atoms with Gasteiger partial charge >= 0.3 is 0 Å². The summed E-state index contributed by atoms with van der Waals surface area (Å²) in [4.78, 5) is 13.1. The summed E-state index contributed by atoms with van der Waals surface area (Å²) in [6, 6.07) is 8.54. The Balaban J connectivity index is 1.32. The Morgan fingerprint density at radius 3 is 2.35 bits per heavy atom. The van der Waals surface area contributed by atoms with Gasteiger partial charge in [-0.15, -0.1) is 0 Å². The number of hydrogen-bond acceptors (Lipinski definition) is 4. The maximum atomic E-state index is 13.1. The van der Waals surface area contributed by atoms with E-state index >= 15 is 0 Å². The van der Waals surface area contributed by atoms with Crippen LogP contribution in [0.15, 0.2) is 36.2 Å². The molecule has 0 aromatic heterocycles. The van der Waals surface area contributed by atoms with Crippen LogP contribution in [0.5, 0.6) is 5.75 Å². The van der Waals surface area contributed by atoms with E-state index in [1.54, 1.807) is 7.11 Å². The van der Waals surface area contributed by atoms with Gasteiger partial charge in [-0.25, -0.2) is 4.39 Å². The lowest BCUT2D eigenvalue weighted by Crippen LogP contribution is -2.55. The first-order valence-corrected chi connectivity index (χ1v) is 11.5. The van der Waals surface area contributed by atoms with Crippen LogP contribution in [-0.2, 0) is 14.9 Å². The fourth-order valence-corrected chi connectivity index (χ4v) is 5.74. The van der Waals surface area contributed by atoms with Crippen molar-refractivity contribution in [3.8, 4) is 5.75 Å². The van der Waals surface area contributed by atoms with Crippen LogP contribution in [0.25, 0.3) is 0 Å². The van der Waals surface area contributed by atoms with E-state index in [9.17, 15) is 9.18 Å². The Labute approximate surface area is 184 Å². The van der Waals surface area contributed by atoms with E-state index in [1.807, 2.05) is 12.1 Å². The third-order valence-corrected chi connectivity index (χ3v) is 8.01. The summed E-state index contributed by atoms with van der Waals surface area (Å²) < 4.78 is 23.5. The first kappa shape index (κ1) is 22.3. The van der Waals surface area contributed by atoms with Gasteiger partial charge in [0, 0.05) is 37.3 Å². The number of hydrogen-bond donors (Lipinski definition) is 2. The third kappa shape index (κ3) is 4.51. The molecule has 5 nitrogen and oxygen atoms in total. The molecule has 2 bridgehead atoms. The molecular formula is C25H35FN2O3. The molecular weight excluding hydrogens is 395 g/mol. The van der Waals surface area contributed by atoms with Gasteiger partial charge in [-0.05, 0) is 80.4 Å². The summed E-state index contributed by atoms with van der Waals surface area (Å²) in [5.74, 6) is 1.60. The Kier molecular flexibility index (Phi) is 6.68. The van der Waals surface area contributed by atoms with Crippen molar-refractivity contribution >= 4 is 5.91 Å². The van der Waals surface area contributed by atoms with Crippen molar-refractivity contribution in [3.05, 3.63) is 41.7 Å². The highest BCUT2D eigenvalue weighted by atomic mass is 19.1. The number of carbonyl (C=O) groups excluding carboxylic acids is 1. The van der Waals surface area contributed by atoms with Crippen molar-refractivity contribution in [2.45, 2.75) is 62.8 Å². The zero-order valence-electron chi connectivity index (χ0n) is 18.5. The van der Waals surface area contributed by atoms with Crippen molar-refractivity contribution in [1.29, 1.82) is 0 Å². The van der Waals surface area contributed by atoms with Crippen molar-refractivity contribution in [3.63, 3.8) is 0 Å². The SMILES string of the molecule is COC[C@H]1C[C@H](NC(=O)C23CCC(c4ccc(OC/C(=C/F)CN)cc4)(CC2)CC3)C1. The molecule has 6 heteroatoms. The van der Waals surface area contributed by atoms with Crippen LogP contribution in [0.2, 0.25) is 0 Å². The summed E-state index contributed by atoms with van der Waals surface area (Å²) in [5.41, 5.74) is 7.24. The number of ether oxygens (including phenoxy) is 2. The van der Waals surface area contributed by atoms with Gasteiger partial charge in [0.25, 0.3) is 0 Å². The van der Waals surface area contributed by atoms with Gasteiger partial charge in [0.2, 0.25) is 5.91 Å². The molecule has 0 spiro atoms. The second kappa shape index (κ2) is 9.29. The molecule has 0 unspecified atom stereocenters. The van der Waals surface area contributed by atoms with Gasteiger partial charge in [0.1, 0.15) is 12.4 Å². The van der Waals surface area contributed by atoms with Gasteiger partial charge in [-0.3, -0.25) is 4.79 Å². The molecule has 0 atom stereocenters. The summed E-state index contributed by atoms with van der Waals surface area (Å²) in [6.45, 7) is 1.12. The zero-order chi connectivity index (χ0) is 21.9. The maximum Gasteiger partial charge on any atom is 0.226 e. The second-order valence-electron chi connectivity index (χ2n) is 9.81. The molecule has 4 aliphatic carbocycles. The fourth-order valence-electron chi connectivity index (χ4n) is 5.74. The monoisotopic (exact) mass is 430 g/mol. The van der Waals surface area contributed by atoms with Gasteiger partial charge in [-0.1, -0.05) is 12.1 Å². The highest BCUT2D eigenvalue weighted by Crippen LogP contribution is 2.58. The van der Waals surface area contributed by atoms with Crippen LogP contribution < -0.4 is 15.8 Å². The number of benzene rings is 1. The first-order chi connectivity index (χ1) is 15.0. The fraction of sp³-hybridized carbons (Fsp3) is 0.640. The lowest BCUT2D eigenvalue weighted by atomic mass is 9.51. The molecule has 0 saturated heterocycles. The van der Waals surface area contributed by atoms with Gasteiger partial charge in [0.15, 0.2) is 0 Å². The molecule has 170 valence electrons. The maximum absolute atomic E-state index is 13.1. The van der Waals surface area contributed by atoms with E-state index in [-0.39, 0.29) is 29.9 Å². The summed E-state index contributed by atoms with van der Waals surface area (Å²) >= 11 is 0. The average molecular weight is 431 g/mol. The predicted octanol–water partition coefficient (Wildman–Crippen LogP) is 4.01. The molecule has 3 N–H and O–H groups in total. The molecule has 1 amide bonds. The highest BCUT2D eigenvalue weighted by Gasteiger charge is 2.53. The van der Waals surface area contributed by atoms with Crippen LogP contribution in [0.3, 0.4) is 0 Å². The standard InChI is InChI=1S/C25H35FN2O3/c1-30-16-18-12-21(13-18)28-23(29)25-9-6-24(7-10-25,8-11-25)20-2-4-22(5-3-20)31-17-19(14-26)15-27/h2-5,14,18,21H,6-13,15-17,27H2,1H3,(H,28,29)/b19-14+/t18-,21-,24?,25?. The number of halogens is 1. The molecule has 4 aliphatic rings. The van der Waals surface area contributed by atoms with Crippen LogP contribution in [-0.4, -0.2) is 38.8 Å². The largest absolute Gasteiger partial charge is 0.489 e. The summed E-state index contributed by atoms with van der Waals surface area (Å²) in [7, 11) is 1.74. The number of carbonyl (C=O) groups is 1. The quantitative estimate of drug-likeness (QED) is 0.621. The highest BCUT2D eigenvalue weighted by molar-refractivity contribution is 5.83. The minimum atomic E-state index is -0.172. The van der Waals surface area contributed by atoms with E-state index in [0.717, 1.165) is 63.7 Å². The minimum Gasteiger partial charge on any atom is -0.489 e. The van der Waals surface area contributed by atoms with E-state index < -0.39 is 0 Å².